The summed E-state index contributed by atoms with van der Waals surface area (Å²) in [6, 6.07) is 3.10. The lowest BCUT2D eigenvalue weighted by Crippen LogP contribution is -2.41. The molecule has 1 amide bonds. The van der Waals surface area contributed by atoms with Gasteiger partial charge in [-0.15, -0.1) is 0 Å². The largest absolute Gasteiger partial charge is 0.406 e. The standard InChI is InChI=1S/C12H12F5NO2/c13-9-3-1-2-8(11(9)14)6-10(20)18(4-5-19)7-12(15,16)17/h1-3,19H,4-7H2. The van der Waals surface area contributed by atoms with Crippen molar-refractivity contribution in [1.82, 2.24) is 4.90 Å². The van der Waals surface area contributed by atoms with E-state index >= 15 is 0 Å². The molecule has 0 radical (unpaired) electrons. The van der Waals surface area contributed by atoms with E-state index in [1.165, 1.54) is 0 Å². The fraction of sp³-hybridized carbons (Fsp3) is 0.417. The second-order valence-electron chi connectivity index (χ2n) is 4.04. The Bertz CT molecular complexity index is 475. The fourth-order valence-electron chi connectivity index (χ4n) is 1.59. The third kappa shape index (κ3) is 4.76. The molecule has 3 nitrogen and oxygen atoms in total. The summed E-state index contributed by atoms with van der Waals surface area (Å²) in [6.45, 7) is -2.74. The molecule has 0 unspecified atom stereocenters. The van der Waals surface area contributed by atoms with Gasteiger partial charge in [0, 0.05) is 12.1 Å². The zero-order valence-corrected chi connectivity index (χ0v) is 10.3. The van der Waals surface area contributed by atoms with Gasteiger partial charge >= 0.3 is 6.18 Å². The summed E-state index contributed by atoms with van der Waals surface area (Å²) in [5.41, 5.74) is -0.333. The lowest BCUT2D eigenvalue weighted by atomic mass is 10.1. The van der Waals surface area contributed by atoms with Crippen molar-refractivity contribution in [3.8, 4) is 0 Å². The minimum Gasteiger partial charge on any atom is -0.395 e. The quantitative estimate of drug-likeness (QED) is 0.843. The average molecular weight is 297 g/mol. The van der Waals surface area contributed by atoms with Crippen molar-refractivity contribution >= 4 is 5.91 Å². The molecule has 0 heterocycles. The van der Waals surface area contributed by atoms with Gasteiger partial charge in [0.1, 0.15) is 6.54 Å². The average Bonchev–Trinajstić information content (AvgIpc) is 2.33. The summed E-state index contributed by atoms with van der Waals surface area (Å²) in [6.07, 6.45) is -5.34. The molecule has 8 heteroatoms. The molecule has 0 atom stereocenters. The second kappa shape index (κ2) is 6.65. The van der Waals surface area contributed by atoms with Crippen LogP contribution >= 0.6 is 0 Å². The number of hydrogen-bond donors (Lipinski definition) is 1. The van der Waals surface area contributed by atoms with Gasteiger partial charge in [-0.05, 0) is 6.07 Å². The zero-order valence-electron chi connectivity index (χ0n) is 10.3. The van der Waals surface area contributed by atoms with Crippen LogP contribution in [0.3, 0.4) is 0 Å². The monoisotopic (exact) mass is 297 g/mol. The van der Waals surface area contributed by atoms with Gasteiger partial charge < -0.3 is 10.0 Å². The lowest BCUT2D eigenvalue weighted by molar-refractivity contribution is -0.161. The Morgan fingerprint density at radius 2 is 1.90 bits per heavy atom. The number of rotatable bonds is 5. The molecule has 20 heavy (non-hydrogen) atoms. The molecule has 1 aromatic rings. The van der Waals surface area contributed by atoms with Crippen LogP contribution in [0.4, 0.5) is 22.0 Å². The first-order valence-corrected chi connectivity index (χ1v) is 5.63. The van der Waals surface area contributed by atoms with E-state index in [0.717, 1.165) is 18.2 Å². The number of benzene rings is 1. The molecule has 1 rings (SSSR count). The maximum atomic E-state index is 13.3. The molecular formula is C12H12F5NO2. The molecule has 0 saturated carbocycles. The van der Waals surface area contributed by atoms with Crippen molar-refractivity contribution < 1.29 is 31.9 Å². The van der Waals surface area contributed by atoms with Gasteiger partial charge in [0.15, 0.2) is 11.6 Å². The topological polar surface area (TPSA) is 40.5 Å². The van der Waals surface area contributed by atoms with Crippen molar-refractivity contribution in [2.45, 2.75) is 12.6 Å². The molecular weight excluding hydrogens is 285 g/mol. The molecule has 0 aromatic heterocycles. The van der Waals surface area contributed by atoms with E-state index in [4.69, 9.17) is 5.11 Å². The van der Waals surface area contributed by atoms with Crippen LogP contribution in [0.2, 0.25) is 0 Å². The molecule has 1 N–H and O–H groups in total. The van der Waals surface area contributed by atoms with E-state index in [9.17, 15) is 26.7 Å². The number of aliphatic hydroxyl groups excluding tert-OH is 1. The maximum absolute atomic E-state index is 13.3. The van der Waals surface area contributed by atoms with E-state index in [1.54, 1.807) is 0 Å². The molecule has 0 bridgehead atoms. The number of halogens is 5. The van der Waals surface area contributed by atoms with Crippen LogP contribution in [0.15, 0.2) is 18.2 Å². The third-order valence-corrected chi connectivity index (χ3v) is 2.47. The first-order valence-electron chi connectivity index (χ1n) is 5.63. The van der Waals surface area contributed by atoms with Crippen LogP contribution in [-0.4, -0.2) is 41.8 Å². The van der Waals surface area contributed by atoms with Gasteiger partial charge in [-0.3, -0.25) is 4.79 Å². The maximum Gasteiger partial charge on any atom is 0.406 e. The van der Waals surface area contributed by atoms with E-state index in [-0.39, 0.29) is 5.56 Å². The normalized spacial score (nSPS) is 11.5. The smallest absolute Gasteiger partial charge is 0.395 e. The Labute approximate surface area is 111 Å². The zero-order chi connectivity index (χ0) is 15.3. The summed E-state index contributed by atoms with van der Waals surface area (Å²) in [4.78, 5) is 12.0. The van der Waals surface area contributed by atoms with Crippen LogP contribution in [0.25, 0.3) is 0 Å². The van der Waals surface area contributed by atoms with Gasteiger partial charge in [0.05, 0.1) is 13.0 Å². The highest BCUT2D eigenvalue weighted by atomic mass is 19.4. The van der Waals surface area contributed by atoms with Crippen LogP contribution in [0.5, 0.6) is 0 Å². The van der Waals surface area contributed by atoms with E-state index in [0.29, 0.717) is 4.90 Å². The van der Waals surface area contributed by atoms with Crippen LogP contribution in [0.1, 0.15) is 5.56 Å². The van der Waals surface area contributed by atoms with Crippen molar-refractivity contribution in [3.63, 3.8) is 0 Å². The van der Waals surface area contributed by atoms with Gasteiger partial charge in [-0.25, -0.2) is 8.78 Å². The third-order valence-electron chi connectivity index (χ3n) is 2.47. The van der Waals surface area contributed by atoms with Crippen LogP contribution in [0, 0.1) is 11.6 Å². The highest BCUT2D eigenvalue weighted by Crippen LogP contribution is 2.18. The molecule has 0 aliphatic heterocycles. The number of carbonyl (C=O) groups excluding carboxylic acids is 1. The van der Waals surface area contributed by atoms with Gasteiger partial charge in [0.25, 0.3) is 0 Å². The highest BCUT2D eigenvalue weighted by molar-refractivity contribution is 5.78. The first kappa shape index (κ1) is 16.4. The van der Waals surface area contributed by atoms with E-state index < -0.39 is 49.8 Å². The summed E-state index contributed by atoms with van der Waals surface area (Å²) in [5, 5.41) is 8.65. The van der Waals surface area contributed by atoms with Gasteiger partial charge in [-0.2, -0.15) is 13.2 Å². The van der Waals surface area contributed by atoms with Crippen molar-refractivity contribution in [1.29, 1.82) is 0 Å². The molecule has 0 saturated heterocycles. The molecule has 0 spiro atoms. The number of nitrogens with zero attached hydrogens (tertiary/aromatic N) is 1. The molecule has 0 aliphatic rings. The Hall–Kier alpha value is -1.70. The van der Waals surface area contributed by atoms with E-state index in [1.807, 2.05) is 0 Å². The second-order valence-corrected chi connectivity index (χ2v) is 4.04. The Kier molecular flexibility index (Phi) is 5.43. The summed E-state index contributed by atoms with van der Waals surface area (Å²) in [7, 11) is 0. The summed E-state index contributed by atoms with van der Waals surface area (Å²) < 4.78 is 63.0. The van der Waals surface area contributed by atoms with Gasteiger partial charge in [0.2, 0.25) is 5.91 Å². The molecule has 0 fully saturated rings. The number of hydrogen-bond acceptors (Lipinski definition) is 2. The SMILES string of the molecule is O=C(Cc1cccc(F)c1F)N(CCO)CC(F)(F)F. The molecule has 0 aliphatic carbocycles. The van der Waals surface area contributed by atoms with Gasteiger partial charge in [-0.1, -0.05) is 12.1 Å². The van der Waals surface area contributed by atoms with Crippen LogP contribution in [-0.2, 0) is 11.2 Å². The number of aliphatic hydroxyl groups is 1. The number of amides is 1. The summed E-state index contributed by atoms with van der Waals surface area (Å²) >= 11 is 0. The fourth-order valence-corrected chi connectivity index (χ4v) is 1.59. The van der Waals surface area contributed by atoms with Crippen molar-refractivity contribution in [3.05, 3.63) is 35.4 Å². The minimum absolute atomic E-state index is 0.333. The molecule has 1 aromatic carbocycles. The number of alkyl halides is 3. The van der Waals surface area contributed by atoms with E-state index in [2.05, 4.69) is 0 Å². The first-order chi connectivity index (χ1) is 9.24. The Morgan fingerprint density at radius 1 is 1.25 bits per heavy atom. The Morgan fingerprint density at radius 3 is 2.45 bits per heavy atom. The van der Waals surface area contributed by atoms with Crippen molar-refractivity contribution in [2.75, 3.05) is 19.7 Å². The van der Waals surface area contributed by atoms with Crippen molar-refractivity contribution in [2.24, 2.45) is 0 Å². The minimum atomic E-state index is -4.63. The predicted molar refractivity (Wildman–Crippen MR) is 59.8 cm³/mol. The Balaban J connectivity index is 2.83. The summed E-state index contributed by atoms with van der Waals surface area (Å²) in [5.74, 6) is -3.49. The lowest BCUT2D eigenvalue weighted by Gasteiger charge is -2.23. The van der Waals surface area contributed by atoms with Crippen LogP contribution < -0.4 is 0 Å². The predicted octanol–water partition coefficient (Wildman–Crippen LogP) is 1.89. The highest BCUT2D eigenvalue weighted by Gasteiger charge is 2.32. The molecule has 112 valence electrons. The number of carbonyl (C=O) groups is 1.